The van der Waals surface area contributed by atoms with E-state index in [1.807, 2.05) is 61.5 Å². The molecule has 6 heteroatoms. The molecule has 5 nitrogen and oxygen atoms in total. The number of nitrogens with zero attached hydrogens (tertiary/aromatic N) is 3. The maximum atomic E-state index is 12.3. The summed E-state index contributed by atoms with van der Waals surface area (Å²) in [6, 6.07) is 19.3. The van der Waals surface area contributed by atoms with E-state index in [0.29, 0.717) is 22.1 Å². The van der Waals surface area contributed by atoms with Crippen molar-refractivity contribution < 1.29 is 4.79 Å². The number of thioether (sulfide) groups is 1. The summed E-state index contributed by atoms with van der Waals surface area (Å²) in [7, 11) is 0. The van der Waals surface area contributed by atoms with Crippen LogP contribution in [0.15, 0.2) is 59.6 Å². The Balaban J connectivity index is 1.79. The average Bonchev–Trinajstić information content (AvgIpc) is 2.68. The van der Waals surface area contributed by atoms with Gasteiger partial charge in [0.1, 0.15) is 16.7 Å². The van der Waals surface area contributed by atoms with Crippen molar-refractivity contribution in [3.05, 3.63) is 71.4 Å². The standard InChI is InChI=1S/C21H18N4OS/c1-14-8-6-7-11-18(14)24-19(26)13-27-21-17(12-22)15(2)23-20(25-21)16-9-4-3-5-10-16/h3-11H,13H2,1-2H3,(H,24,26). The monoisotopic (exact) mass is 374 g/mol. The van der Waals surface area contributed by atoms with Gasteiger partial charge in [0.15, 0.2) is 5.82 Å². The molecule has 134 valence electrons. The van der Waals surface area contributed by atoms with Crippen LogP contribution in [0, 0.1) is 25.2 Å². The van der Waals surface area contributed by atoms with Crippen molar-refractivity contribution in [3.8, 4) is 17.5 Å². The van der Waals surface area contributed by atoms with E-state index in [-0.39, 0.29) is 11.7 Å². The number of para-hydroxylation sites is 1. The van der Waals surface area contributed by atoms with Crippen LogP contribution in [-0.2, 0) is 4.79 Å². The van der Waals surface area contributed by atoms with Crippen molar-refractivity contribution in [1.29, 1.82) is 5.26 Å². The fourth-order valence-corrected chi connectivity index (χ4v) is 3.36. The van der Waals surface area contributed by atoms with Gasteiger partial charge < -0.3 is 5.32 Å². The zero-order chi connectivity index (χ0) is 19.2. The molecule has 1 aromatic heterocycles. The second-order valence-electron chi connectivity index (χ2n) is 5.94. The second kappa shape index (κ2) is 8.47. The van der Waals surface area contributed by atoms with Crippen LogP contribution < -0.4 is 5.32 Å². The minimum Gasteiger partial charge on any atom is -0.325 e. The lowest BCUT2D eigenvalue weighted by molar-refractivity contribution is -0.113. The van der Waals surface area contributed by atoms with Crippen molar-refractivity contribution in [1.82, 2.24) is 9.97 Å². The van der Waals surface area contributed by atoms with Crippen LogP contribution in [0.4, 0.5) is 5.69 Å². The van der Waals surface area contributed by atoms with Crippen LogP contribution >= 0.6 is 11.8 Å². The molecular formula is C21H18N4OS. The van der Waals surface area contributed by atoms with Gasteiger partial charge in [0, 0.05) is 11.3 Å². The summed E-state index contributed by atoms with van der Waals surface area (Å²) in [5.41, 5.74) is 3.66. The summed E-state index contributed by atoms with van der Waals surface area (Å²) in [5.74, 6) is 0.567. The van der Waals surface area contributed by atoms with Crippen molar-refractivity contribution in [3.63, 3.8) is 0 Å². The summed E-state index contributed by atoms with van der Waals surface area (Å²) in [5, 5.41) is 12.9. The average molecular weight is 374 g/mol. The van der Waals surface area contributed by atoms with Crippen molar-refractivity contribution in [2.75, 3.05) is 11.1 Å². The zero-order valence-electron chi connectivity index (χ0n) is 15.1. The van der Waals surface area contributed by atoms with Crippen LogP contribution in [0.1, 0.15) is 16.8 Å². The molecule has 0 spiro atoms. The van der Waals surface area contributed by atoms with Crippen LogP contribution in [0.2, 0.25) is 0 Å². The molecule has 0 aliphatic carbocycles. The van der Waals surface area contributed by atoms with Crippen molar-refractivity contribution in [2.45, 2.75) is 18.9 Å². The lowest BCUT2D eigenvalue weighted by atomic mass is 10.2. The molecule has 0 fully saturated rings. The number of nitriles is 1. The van der Waals surface area contributed by atoms with Gasteiger partial charge in [0.2, 0.25) is 5.91 Å². The van der Waals surface area contributed by atoms with Gasteiger partial charge >= 0.3 is 0 Å². The van der Waals surface area contributed by atoms with E-state index in [4.69, 9.17) is 0 Å². The largest absolute Gasteiger partial charge is 0.325 e. The third-order valence-electron chi connectivity index (χ3n) is 3.96. The normalized spacial score (nSPS) is 10.3. The minimum atomic E-state index is -0.143. The first-order valence-corrected chi connectivity index (χ1v) is 9.39. The van der Waals surface area contributed by atoms with E-state index < -0.39 is 0 Å². The number of aryl methyl sites for hydroxylation is 2. The lowest BCUT2D eigenvalue weighted by Crippen LogP contribution is -2.15. The highest BCUT2D eigenvalue weighted by Gasteiger charge is 2.15. The third-order valence-corrected chi connectivity index (χ3v) is 4.94. The highest BCUT2D eigenvalue weighted by Crippen LogP contribution is 2.26. The van der Waals surface area contributed by atoms with Crippen molar-refractivity contribution >= 4 is 23.4 Å². The van der Waals surface area contributed by atoms with Gasteiger partial charge in [0.05, 0.1) is 11.4 Å². The number of carbonyl (C=O) groups excluding carboxylic acids is 1. The molecule has 0 bridgehead atoms. The molecule has 3 aromatic rings. The summed E-state index contributed by atoms with van der Waals surface area (Å²) >= 11 is 1.24. The topological polar surface area (TPSA) is 78.7 Å². The molecular weight excluding hydrogens is 356 g/mol. The highest BCUT2D eigenvalue weighted by atomic mass is 32.2. The number of nitrogens with one attached hydrogen (secondary N) is 1. The lowest BCUT2D eigenvalue weighted by Gasteiger charge is -2.10. The minimum absolute atomic E-state index is 0.143. The summed E-state index contributed by atoms with van der Waals surface area (Å²) in [4.78, 5) is 21.3. The molecule has 0 atom stereocenters. The quantitative estimate of drug-likeness (QED) is 0.530. The number of rotatable bonds is 5. The first kappa shape index (κ1) is 18.6. The molecule has 1 heterocycles. The Labute approximate surface area is 162 Å². The van der Waals surface area contributed by atoms with Gasteiger partial charge in [-0.3, -0.25) is 4.79 Å². The maximum Gasteiger partial charge on any atom is 0.234 e. The van der Waals surface area contributed by atoms with E-state index in [0.717, 1.165) is 16.8 Å². The molecule has 0 radical (unpaired) electrons. The molecule has 0 aliphatic rings. The van der Waals surface area contributed by atoms with Crippen LogP contribution in [0.25, 0.3) is 11.4 Å². The zero-order valence-corrected chi connectivity index (χ0v) is 15.9. The van der Waals surface area contributed by atoms with Crippen molar-refractivity contribution in [2.24, 2.45) is 0 Å². The SMILES string of the molecule is Cc1ccccc1NC(=O)CSc1nc(-c2ccccc2)nc(C)c1C#N. The summed E-state index contributed by atoms with van der Waals surface area (Å²) < 4.78 is 0. The van der Waals surface area contributed by atoms with E-state index in [1.165, 1.54) is 11.8 Å². The number of amides is 1. The Kier molecular flexibility index (Phi) is 5.84. The molecule has 0 saturated carbocycles. The first-order chi connectivity index (χ1) is 13.1. The third kappa shape index (κ3) is 4.52. The summed E-state index contributed by atoms with van der Waals surface area (Å²) in [6.45, 7) is 3.72. The Hall–Kier alpha value is -3.17. The second-order valence-corrected chi connectivity index (χ2v) is 6.91. The predicted molar refractivity (Wildman–Crippen MR) is 107 cm³/mol. The van der Waals surface area contributed by atoms with Gasteiger partial charge in [-0.2, -0.15) is 5.26 Å². The Bertz CT molecular complexity index is 1010. The molecule has 0 saturated heterocycles. The Morgan fingerprint density at radius 1 is 1.07 bits per heavy atom. The fourth-order valence-electron chi connectivity index (χ4n) is 2.53. The molecule has 1 amide bonds. The number of aromatic nitrogens is 2. The highest BCUT2D eigenvalue weighted by molar-refractivity contribution is 8.00. The molecule has 0 aliphatic heterocycles. The predicted octanol–water partition coefficient (Wildman–Crippen LogP) is 4.36. The molecule has 0 unspecified atom stereocenters. The van der Waals surface area contributed by atoms with Gasteiger partial charge in [-0.1, -0.05) is 60.3 Å². The maximum absolute atomic E-state index is 12.3. The van der Waals surface area contributed by atoms with E-state index >= 15 is 0 Å². The van der Waals surface area contributed by atoms with E-state index in [1.54, 1.807) is 6.92 Å². The number of anilines is 1. The van der Waals surface area contributed by atoms with Gasteiger partial charge in [-0.05, 0) is 25.5 Å². The number of hydrogen-bond acceptors (Lipinski definition) is 5. The van der Waals surface area contributed by atoms with Crippen LogP contribution in [0.5, 0.6) is 0 Å². The smallest absolute Gasteiger partial charge is 0.234 e. The van der Waals surface area contributed by atoms with E-state index in [9.17, 15) is 10.1 Å². The van der Waals surface area contributed by atoms with Gasteiger partial charge in [-0.25, -0.2) is 9.97 Å². The Morgan fingerprint density at radius 3 is 2.48 bits per heavy atom. The molecule has 3 rings (SSSR count). The number of hydrogen-bond donors (Lipinski definition) is 1. The summed E-state index contributed by atoms with van der Waals surface area (Å²) in [6.07, 6.45) is 0. The van der Waals surface area contributed by atoms with Gasteiger partial charge in [0.25, 0.3) is 0 Å². The first-order valence-electron chi connectivity index (χ1n) is 8.41. The number of carbonyl (C=O) groups is 1. The van der Waals surface area contributed by atoms with Gasteiger partial charge in [-0.15, -0.1) is 0 Å². The fraction of sp³-hybridized carbons (Fsp3) is 0.143. The van der Waals surface area contributed by atoms with E-state index in [2.05, 4.69) is 21.4 Å². The van der Waals surface area contributed by atoms with Crippen LogP contribution in [-0.4, -0.2) is 21.6 Å². The molecule has 2 aromatic carbocycles. The molecule has 27 heavy (non-hydrogen) atoms. The Morgan fingerprint density at radius 2 is 1.78 bits per heavy atom. The number of benzene rings is 2. The van der Waals surface area contributed by atoms with Crippen LogP contribution in [0.3, 0.4) is 0 Å². The molecule has 1 N–H and O–H groups in total.